The van der Waals surface area contributed by atoms with E-state index in [0.29, 0.717) is 10.3 Å². The van der Waals surface area contributed by atoms with Gasteiger partial charge < -0.3 is 0 Å². The van der Waals surface area contributed by atoms with E-state index in [4.69, 9.17) is 23.2 Å². The molecule has 0 aliphatic rings. The van der Waals surface area contributed by atoms with Crippen LogP contribution in [-0.4, -0.2) is 4.98 Å². The van der Waals surface area contributed by atoms with E-state index in [1.807, 2.05) is 12.1 Å². The molecular weight excluding hydrogens is 265 g/mol. The van der Waals surface area contributed by atoms with E-state index in [1.54, 1.807) is 0 Å². The van der Waals surface area contributed by atoms with E-state index in [1.165, 1.54) is 51.4 Å². The number of hydrogen-bond acceptors (Lipinski definition) is 1. The molecule has 0 aromatic carbocycles. The zero-order valence-corrected chi connectivity index (χ0v) is 12.7. The highest BCUT2D eigenvalue weighted by Gasteiger charge is 2.02. The maximum atomic E-state index is 6.03. The lowest BCUT2D eigenvalue weighted by atomic mass is 10.1. The Morgan fingerprint density at radius 3 is 2.11 bits per heavy atom. The molecule has 1 aromatic rings. The molecule has 1 nitrogen and oxygen atoms in total. The van der Waals surface area contributed by atoms with Crippen molar-refractivity contribution in [3.05, 3.63) is 28.0 Å². The standard InChI is InChI=1S/C15H23Cl2N/c1-2-3-4-5-6-7-8-9-10-13-11-12-14(16)18-15(13)17/h11-12H,2-10H2,1H3. The van der Waals surface area contributed by atoms with E-state index in [0.717, 1.165) is 12.0 Å². The molecule has 0 aliphatic heterocycles. The van der Waals surface area contributed by atoms with Crippen LogP contribution in [0, 0.1) is 0 Å². The van der Waals surface area contributed by atoms with Gasteiger partial charge in [-0.15, -0.1) is 0 Å². The smallest absolute Gasteiger partial charge is 0.134 e. The zero-order valence-electron chi connectivity index (χ0n) is 11.2. The number of aromatic nitrogens is 1. The molecule has 0 atom stereocenters. The first-order valence-electron chi connectivity index (χ1n) is 7.05. The van der Waals surface area contributed by atoms with Crippen LogP contribution in [-0.2, 0) is 6.42 Å². The zero-order chi connectivity index (χ0) is 13.2. The molecule has 0 N–H and O–H groups in total. The third-order valence-electron chi connectivity index (χ3n) is 3.19. The maximum absolute atomic E-state index is 6.03. The molecule has 0 radical (unpaired) electrons. The second-order valence-electron chi connectivity index (χ2n) is 4.81. The summed E-state index contributed by atoms with van der Waals surface area (Å²) < 4.78 is 0. The van der Waals surface area contributed by atoms with Gasteiger partial charge in [-0.1, -0.05) is 81.1 Å². The Balaban J connectivity index is 2.07. The van der Waals surface area contributed by atoms with Gasteiger partial charge in [0.1, 0.15) is 10.3 Å². The van der Waals surface area contributed by atoms with Crippen molar-refractivity contribution >= 4 is 23.2 Å². The quantitative estimate of drug-likeness (QED) is 0.397. The number of rotatable bonds is 9. The van der Waals surface area contributed by atoms with Crippen LogP contribution in [0.1, 0.15) is 63.9 Å². The maximum Gasteiger partial charge on any atom is 0.134 e. The molecule has 0 bridgehead atoms. The normalized spacial score (nSPS) is 10.8. The average Bonchev–Trinajstić information content (AvgIpc) is 2.35. The van der Waals surface area contributed by atoms with E-state index in [9.17, 15) is 0 Å². The van der Waals surface area contributed by atoms with E-state index in [-0.39, 0.29) is 0 Å². The monoisotopic (exact) mass is 287 g/mol. The Morgan fingerprint density at radius 1 is 0.889 bits per heavy atom. The van der Waals surface area contributed by atoms with Crippen LogP contribution in [0.25, 0.3) is 0 Å². The van der Waals surface area contributed by atoms with Crippen LogP contribution >= 0.6 is 23.2 Å². The van der Waals surface area contributed by atoms with Gasteiger partial charge in [-0.25, -0.2) is 4.98 Å². The summed E-state index contributed by atoms with van der Waals surface area (Å²) in [6.07, 6.45) is 11.7. The number of pyridine rings is 1. The minimum absolute atomic E-state index is 0.472. The summed E-state index contributed by atoms with van der Waals surface area (Å²) in [5, 5.41) is 1.03. The Labute approximate surface area is 121 Å². The van der Waals surface area contributed by atoms with Crippen molar-refractivity contribution in [3.63, 3.8) is 0 Å². The summed E-state index contributed by atoms with van der Waals surface area (Å²) in [6.45, 7) is 2.25. The molecule has 3 heteroatoms. The number of unbranched alkanes of at least 4 members (excludes halogenated alkanes) is 7. The highest BCUT2D eigenvalue weighted by atomic mass is 35.5. The second kappa shape index (κ2) is 9.63. The largest absolute Gasteiger partial charge is 0.224 e. The number of hydrogen-bond donors (Lipinski definition) is 0. The molecule has 102 valence electrons. The van der Waals surface area contributed by atoms with Crippen LogP contribution in [0.4, 0.5) is 0 Å². The highest BCUT2D eigenvalue weighted by molar-refractivity contribution is 6.32. The van der Waals surface area contributed by atoms with Gasteiger partial charge in [0, 0.05) is 0 Å². The molecule has 0 spiro atoms. The van der Waals surface area contributed by atoms with Gasteiger partial charge in [-0.2, -0.15) is 0 Å². The fourth-order valence-corrected chi connectivity index (χ4v) is 2.52. The van der Waals surface area contributed by atoms with Crippen LogP contribution in [0.5, 0.6) is 0 Å². The summed E-state index contributed by atoms with van der Waals surface area (Å²) >= 11 is 11.8. The number of aryl methyl sites for hydroxylation is 1. The van der Waals surface area contributed by atoms with E-state index < -0.39 is 0 Å². The van der Waals surface area contributed by atoms with Crippen molar-refractivity contribution in [1.82, 2.24) is 4.98 Å². The first-order chi connectivity index (χ1) is 8.74. The highest BCUT2D eigenvalue weighted by Crippen LogP contribution is 2.19. The fraction of sp³-hybridized carbons (Fsp3) is 0.667. The van der Waals surface area contributed by atoms with Gasteiger partial charge in [0.2, 0.25) is 0 Å². The molecule has 0 unspecified atom stereocenters. The lowest BCUT2D eigenvalue weighted by Gasteiger charge is -2.04. The second-order valence-corrected chi connectivity index (χ2v) is 5.55. The van der Waals surface area contributed by atoms with Crippen molar-refractivity contribution in [2.75, 3.05) is 0 Å². The van der Waals surface area contributed by atoms with Gasteiger partial charge >= 0.3 is 0 Å². The molecule has 0 amide bonds. The Bertz CT molecular complexity index is 339. The van der Waals surface area contributed by atoms with Crippen molar-refractivity contribution in [3.8, 4) is 0 Å². The van der Waals surface area contributed by atoms with E-state index >= 15 is 0 Å². The van der Waals surface area contributed by atoms with Crippen molar-refractivity contribution in [2.45, 2.75) is 64.7 Å². The topological polar surface area (TPSA) is 12.9 Å². The van der Waals surface area contributed by atoms with Gasteiger partial charge in [0.05, 0.1) is 0 Å². The van der Waals surface area contributed by atoms with Crippen LogP contribution in [0.2, 0.25) is 10.3 Å². The lowest BCUT2D eigenvalue weighted by Crippen LogP contribution is -1.90. The first kappa shape index (κ1) is 15.8. The summed E-state index contributed by atoms with van der Waals surface area (Å²) in [5.74, 6) is 0. The predicted octanol–water partition coefficient (Wildman–Crippen LogP) is 6.07. The van der Waals surface area contributed by atoms with Crippen molar-refractivity contribution in [1.29, 1.82) is 0 Å². The molecular formula is C15H23Cl2N. The van der Waals surface area contributed by atoms with Gasteiger partial charge in [0.15, 0.2) is 0 Å². The molecule has 0 fully saturated rings. The predicted molar refractivity (Wildman–Crippen MR) is 80.6 cm³/mol. The summed E-state index contributed by atoms with van der Waals surface area (Å²) in [7, 11) is 0. The third kappa shape index (κ3) is 6.61. The average molecular weight is 288 g/mol. The summed E-state index contributed by atoms with van der Waals surface area (Å²) in [5.41, 5.74) is 1.12. The summed E-state index contributed by atoms with van der Waals surface area (Å²) in [6, 6.07) is 3.80. The van der Waals surface area contributed by atoms with Crippen LogP contribution in [0.3, 0.4) is 0 Å². The van der Waals surface area contributed by atoms with Crippen molar-refractivity contribution < 1.29 is 0 Å². The molecule has 0 saturated heterocycles. The van der Waals surface area contributed by atoms with Gasteiger partial charge in [0.25, 0.3) is 0 Å². The SMILES string of the molecule is CCCCCCCCCCc1ccc(Cl)nc1Cl. The Hall–Kier alpha value is -0.270. The Morgan fingerprint density at radius 2 is 1.50 bits per heavy atom. The Kier molecular flexibility index (Phi) is 8.45. The minimum Gasteiger partial charge on any atom is -0.224 e. The van der Waals surface area contributed by atoms with Gasteiger partial charge in [-0.3, -0.25) is 0 Å². The lowest BCUT2D eigenvalue weighted by molar-refractivity contribution is 0.575. The third-order valence-corrected chi connectivity index (χ3v) is 3.73. The fourth-order valence-electron chi connectivity index (χ4n) is 2.08. The van der Waals surface area contributed by atoms with Crippen molar-refractivity contribution in [2.24, 2.45) is 0 Å². The van der Waals surface area contributed by atoms with Crippen LogP contribution in [0.15, 0.2) is 12.1 Å². The number of halogens is 2. The molecule has 1 aromatic heterocycles. The minimum atomic E-state index is 0.472. The van der Waals surface area contributed by atoms with Crippen LogP contribution < -0.4 is 0 Å². The molecule has 0 saturated carbocycles. The van der Waals surface area contributed by atoms with E-state index in [2.05, 4.69) is 11.9 Å². The number of nitrogens with zero attached hydrogens (tertiary/aromatic N) is 1. The molecule has 0 aliphatic carbocycles. The van der Waals surface area contributed by atoms with Gasteiger partial charge in [-0.05, 0) is 24.5 Å². The first-order valence-corrected chi connectivity index (χ1v) is 7.80. The molecule has 1 rings (SSSR count). The summed E-state index contributed by atoms with van der Waals surface area (Å²) in [4.78, 5) is 4.05. The molecule has 18 heavy (non-hydrogen) atoms. The molecule has 1 heterocycles.